The molecular formula is C15H10ClFO2. The molecule has 1 aliphatic heterocycles. The van der Waals surface area contributed by atoms with E-state index in [1.54, 1.807) is 18.2 Å². The molecule has 2 aromatic carbocycles. The number of carbonyl (C=O) groups is 1. The van der Waals surface area contributed by atoms with Gasteiger partial charge in [0.05, 0.1) is 0 Å². The van der Waals surface area contributed by atoms with E-state index in [9.17, 15) is 9.18 Å². The smallest absolute Gasteiger partial charge is 0.179 e. The van der Waals surface area contributed by atoms with E-state index in [2.05, 4.69) is 0 Å². The van der Waals surface area contributed by atoms with Crippen molar-refractivity contribution in [2.75, 3.05) is 0 Å². The van der Waals surface area contributed by atoms with Gasteiger partial charge in [-0.15, -0.1) is 0 Å². The number of benzene rings is 2. The number of carbonyl (C=O) groups excluding carboxylic acids is 1. The molecule has 0 amide bonds. The average Bonchev–Trinajstić information content (AvgIpc) is 3.16. The largest absolute Gasteiger partial charge is 0.348 e. The van der Waals surface area contributed by atoms with Crippen LogP contribution in [0, 0.1) is 5.82 Å². The van der Waals surface area contributed by atoms with E-state index in [1.165, 1.54) is 12.1 Å². The second kappa shape index (κ2) is 4.44. The Kier molecular flexibility index (Phi) is 2.88. The van der Waals surface area contributed by atoms with Crippen LogP contribution in [0.4, 0.5) is 4.39 Å². The van der Waals surface area contributed by atoms with Crippen LogP contribution in [0.2, 0.25) is 5.02 Å². The Morgan fingerprint density at radius 1 is 1.16 bits per heavy atom. The molecule has 1 aliphatic rings. The quantitative estimate of drug-likeness (QED) is 0.634. The summed E-state index contributed by atoms with van der Waals surface area (Å²) in [6.45, 7) is 0. The van der Waals surface area contributed by atoms with E-state index >= 15 is 0 Å². The van der Waals surface area contributed by atoms with Crippen LogP contribution in [-0.2, 0) is 15.1 Å². The maximum atomic E-state index is 12.9. The first-order valence-corrected chi connectivity index (χ1v) is 6.20. The van der Waals surface area contributed by atoms with Gasteiger partial charge in [-0.05, 0) is 23.8 Å². The fourth-order valence-corrected chi connectivity index (χ4v) is 2.47. The first-order valence-electron chi connectivity index (χ1n) is 5.82. The van der Waals surface area contributed by atoms with Crippen LogP contribution in [0.15, 0.2) is 48.5 Å². The van der Waals surface area contributed by atoms with Crippen LogP contribution in [-0.4, -0.2) is 6.29 Å². The Morgan fingerprint density at radius 2 is 1.84 bits per heavy atom. The van der Waals surface area contributed by atoms with Gasteiger partial charge in [-0.25, -0.2) is 4.39 Å². The number of hydrogen-bond donors (Lipinski definition) is 0. The molecule has 0 saturated carbocycles. The minimum absolute atomic E-state index is 0.347. The SMILES string of the molecule is O=C[14C@]1(c2ccc(F)cc2)O[C@@H]1c1ccccc1Cl. The van der Waals surface area contributed by atoms with Crippen LogP contribution in [0.1, 0.15) is 17.2 Å². The van der Waals surface area contributed by atoms with E-state index in [1.807, 2.05) is 18.2 Å². The maximum Gasteiger partial charge on any atom is 0.179 e. The topological polar surface area (TPSA) is 29.6 Å². The lowest BCUT2D eigenvalue weighted by Crippen LogP contribution is -2.12. The summed E-state index contributed by atoms with van der Waals surface area (Å²) < 4.78 is 18.5. The lowest BCUT2D eigenvalue weighted by Gasteiger charge is -2.06. The molecule has 4 heteroatoms. The average molecular weight is 279 g/mol. The van der Waals surface area contributed by atoms with Crippen molar-refractivity contribution in [1.82, 2.24) is 0 Å². The monoisotopic (exact) mass is 278 g/mol. The molecule has 1 heterocycles. The summed E-state index contributed by atoms with van der Waals surface area (Å²) in [4.78, 5) is 11.4. The molecule has 0 unspecified atom stereocenters. The van der Waals surface area contributed by atoms with E-state index in [0.717, 1.165) is 11.8 Å². The fourth-order valence-electron chi connectivity index (χ4n) is 2.23. The second-order valence-corrected chi connectivity index (χ2v) is 4.84. The van der Waals surface area contributed by atoms with E-state index in [-0.39, 0.29) is 5.82 Å². The molecular weight excluding hydrogens is 269 g/mol. The van der Waals surface area contributed by atoms with Gasteiger partial charge < -0.3 is 4.74 Å². The van der Waals surface area contributed by atoms with Crippen molar-refractivity contribution >= 4 is 17.9 Å². The molecule has 0 radical (unpaired) electrons. The normalized spacial score (nSPS) is 25.1. The summed E-state index contributed by atoms with van der Waals surface area (Å²) in [6.07, 6.45) is 0.331. The molecule has 2 nitrogen and oxygen atoms in total. The summed E-state index contributed by atoms with van der Waals surface area (Å²) in [5.74, 6) is -0.347. The summed E-state index contributed by atoms with van der Waals surface area (Å²) in [7, 11) is 0. The van der Waals surface area contributed by atoms with Crippen LogP contribution in [0.25, 0.3) is 0 Å². The van der Waals surface area contributed by atoms with Crippen molar-refractivity contribution in [1.29, 1.82) is 0 Å². The standard InChI is InChI=1S/C15H10ClFO2/c16-13-4-2-1-3-12(13)14-15(9-18,19-14)10-5-7-11(17)8-6-10/h1-9,14H/t14-,15-/m1/s1/i15+2. The Morgan fingerprint density at radius 3 is 2.47 bits per heavy atom. The van der Waals surface area contributed by atoms with Crippen LogP contribution in [0.3, 0.4) is 0 Å². The summed E-state index contributed by atoms with van der Waals surface area (Å²) in [6, 6.07) is 13.0. The predicted molar refractivity (Wildman–Crippen MR) is 69.4 cm³/mol. The van der Waals surface area contributed by atoms with E-state index < -0.39 is 11.7 Å². The lowest BCUT2D eigenvalue weighted by molar-refractivity contribution is -0.112. The highest BCUT2D eigenvalue weighted by molar-refractivity contribution is 6.31. The van der Waals surface area contributed by atoms with Gasteiger partial charge >= 0.3 is 0 Å². The second-order valence-electron chi connectivity index (χ2n) is 4.44. The molecule has 1 fully saturated rings. The third-order valence-corrected chi connectivity index (χ3v) is 3.65. The summed E-state index contributed by atoms with van der Waals surface area (Å²) in [5.41, 5.74) is 0.355. The van der Waals surface area contributed by atoms with Crippen molar-refractivity contribution in [3.8, 4) is 0 Å². The van der Waals surface area contributed by atoms with Gasteiger partial charge in [0.25, 0.3) is 0 Å². The van der Waals surface area contributed by atoms with Gasteiger partial charge in [0.1, 0.15) is 11.9 Å². The number of aldehydes is 1. The zero-order valence-corrected chi connectivity index (χ0v) is 10.6. The number of ether oxygens (including phenoxy) is 1. The Balaban J connectivity index is 1.99. The molecule has 19 heavy (non-hydrogen) atoms. The molecule has 96 valence electrons. The van der Waals surface area contributed by atoms with Gasteiger partial charge in [0.15, 0.2) is 11.9 Å². The summed E-state index contributed by atoms with van der Waals surface area (Å²) in [5, 5.41) is 0.554. The molecule has 0 bridgehead atoms. The lowest BCUT2D eigenvalue weighted by atomic mass is 10.2. The first kappa shape index (κ1) is 12.3. The maximum absolute atomic E-state index is 12.9. The first-order chi connectivity index (χ1) is 9.17. The molecule has 0 spiro atoms. The van der Waals surface area contributed by atoms with Crippen LogP contribution < -0.4 is 0 Å². The van der Waals surface area contributed by atoms with Gasteiger partial charge in [0, 0.05) is 10.6 Å². The summed E-state index contributed by atoms with van der Waals surface area (Å²) >= 11 is 6.10. The van der Waals surface area contributed by atoms with Gasteiger partial charge in [-0.3, -0.25) is 4.79 Å². The van der Waals surface area contributed by atoms with Crippen molar-refractivity contribution < 1.29 is 13.9 Å². The Hall–Kier alpha value is -1.71. The third kappa shape index (κ3) is 1.95. The van der Waals surface area contributed by atoms with E-state index in [0.29, 0.717) is 10.6 Å². The molecule has 3 rings (SSSR count). The zero-order chi connectivity index (χ0) is 13.5. The molecule has 0 aliphatic carbocycles. The highest BCUT2D eigenvalue weighted by Gasteiger charge is 2.59. The highest BCUT2D eigenvalue weighted by Crippen LogP contribution is 2.56. The van der Waals surface area contributed by atoms with Crippen LogP contribution >= 0.6 is 11.6 Å². The van der Waals surface area contributed by atoms with Gasteiger partial charge in [0.2, 0.25) is 0 Å². The minimum Gasteiger partial charge on any atom is -0.348 e. The number of epoxide rings is 1. The minimum atomic E-state index is -1.04. The highest BCUT2D eigenvalue weighted by atomic mass is 35.5. The van der Waals surface area contributed by atoms with Crippen molar-refractivity contribution in [3.05, 3.63) is 70.5 Å². The molecule has 0 aromatic heterocycles. The number of hydrogen-bond acceptors (Lipinski definition) is 2. The zero-order valence-electron chi connectivity index (χ0n) is 9.85. The Labute approximate surface area is 114 Å². The van der Waals surface area contributed by atoms with Gasteiger partial charge in [-0.2, -0.15) is 0 Å². The predicted octanol–water partition coefficient (Wildman–Crippen LogP) is 3.64. The van der Waals surface area contributed by atoms with Crippen molar-refractivity contribution in [3.63, 3.8) is 0 Å². The van der Waals surface area contributed by atoms with Gasteiger partial charge in [-0.1, -0.05) is 41.9 Å². The van der Waals surface area contributed by atoms with Crippen molar-refractivity contribution in [2.45, 2.75) is 11.7 Å². The molecule has 1 saturated heterocycles. The molecule has 2 aromatic rings. The van der Waals surface area contributed by atoms with Crippen LogP contribution in [0.5, 0.6) is 0 Å². The van der Waals surface area contributed by atoms with E-state index in [4.69, 9.17) is 16.3 Å². The number of rotatable bonds is 3. The fraction of sp³-hybridized carbons (Fsp3) is 0.133. The third-order valence-electron chi connectivity index (χ3n) is 3.30. The Bertz CT molecular complexity index is 626. The molecule has 2 atom stereocenters. The number of halogens is 2. The van der Waals surface area contributed by atoms with Crippen molar-refractivity contribution in [2.24, 2.45) is 0 Å². The molecule has 0 N–H and O–H groups in total.